The second kappa shape index (κ2) is 11.4. The number of hydrogen-bond donors (Lipinski definition) is 2. The molecular formula is C26H26N6O6S2. The number of rotatable bonds is 10. The Balaban J connectivity index is 1.15. The molecule has 1 atom stereocenters. The molecule has 2 aromatic heterocycles. The van der Waals surface area contributed by atoms with Crippen molar-refractivity contribution in [3.8, 4) is 22.2 Å². The lowest BCUT2D eigenvalue weighted by atomic mass is 10.1. The van der Waals surface area contributed by atoms with E-state index in [1.807, 2.05) is 12.1 Å². The number of aromatic amines is 1. The van der Waals surface area contributed by atoms with E-state index in [1.54, 1.807) is 36.4 Å². The van der Waals surface area contributed by atoms with Gasteiger partial charge in [-0.3, -0.25) is 10.1 Å². The maximum atomic E-state index is 13.4. The van der Waals surface area contributed by atoms with Gasteiger partial charge in [-0.25, -0.2) is 13.4 Å². The Kier molecular flexibility index (Phi) is 7.56. The lowest BCUT2D eigenvalue weighted by Gasteiger charge is -2.27. The monoisotopic (exact) mass is 582 g/mol. The summed E-state index contributed by atoms with van der Waals surface area (Å²) in [5.41, 5.74) is 1.35. The fraction of sp³-hybridized carbons (Fsp3) is 0.346. The Hall–Kier alpha value is -3.72. The van der Waals surface area contributed by atoms with Crippen LogP contribution in [0, 0.1) is 0 Å². The number of hydrogen-bond acceptors (Lipinski definition) is 11. The van der Waals surface area contributed by atoms with E-state index in [4.69, 9.17) is 14.2 Å². The van der Waals surface area contributed by atoms with Gasteiger partial charge in [0.2, 0.25) is 10.9 Å². The number of anilines is 1. The van der Waals surface area contributed by atoms with E-state index < -0.39 is 21.8 Å². The number of H-pyrrole nitrogens is 1. The van der Waals surface area contributed by atoms with Crippen molar-refractivity contribution in [3.63, 3.8) is 0 Å². The van der Waals surface area contributed by atoms with Gasteiger partial charge in [0.05, 0.1) is 22.4 Å². The molecule has 0 spiro atoms. The van der Waals surface area contributed by atoms with Gasteiger partial charge in [-0.1, -0.05) is 23.5 Å². The molecule has 0 radical (unpaired) electrons. The lowest BCUT2D eigenvalue weighted by molar-refractivity contribution is -0.136. The highest BCUT2D eigenvalue weighted by molar-refractivity contribution is 7.92. The van der Waals surface area contributed by atoms with Crippen molar-refractivity contribution in [1.82, 2.24) is 25.6 Å². The largest absolute Gasteiger partial charge is 0.445 e. The van der Waals surface area contributed by atoms with Crippen LogP contribution in [-0.4, -0.2) is 64.5 Å². The number of carbonyl (C=O) groups is 1. The van der Waals surface area contributed by atoms with Crippen LogP contribution in [0.15, 0.2) is 59.6 Å². The molecule has 1 aliphatic carbocycles. The summed E-state index contributed by atoms with van der Waals surface area (Å²) in [6.07, 6.45) is 3.12. The standard InChI is InChI=1S/C26H26N6O6S2/c33-25(28-26-27-15-22(39-26)37-18-5-1-17(2-6-18)24-29-31-32-30-24)23(38-19-11-13-36-14-12-19)16-3-7-20(8-4-16)40(34,35)21-9-10-21/h1-8,15,19,21,23H,9-14H2,(H,27,28,33)(H,29,30,31,32). The summed E-state index contributed by atoms with van der Waals surface area (Å²) in [5, 5.41) is 17.2. The van der Waals surface area contributed by atoms with Gasteiger partial charge in [0.15, 0.2) is 21.1 Å². The molecular weight excluding hydrogens is 556 g/mol. The third-order valence-electron chi connectivity index (χ3n) is 6.60. The third kappa shape index (κ3) is 6.04. The lowest BCUT2D eigenvalue weighted by Crippen LogP contribution is -2.31. The quantitative estimate of drug-likeness (QED) is 0.281. The molecule has 2 aromatic carbocycles. The zero-order valence-electron chi connectivity index (χ0n) is 21.2. The molecule has 1 saturated carbocycles. The summed E-state index contributed by atoms with van der Waals surface area (Å²) in [6.45, 7) is 1.11. The van der Waals surface area contributed by atoms with Crippen molar-refractivity contribution in [3.05, 3.63) is 60.3 Å². The van der Waals surface area contributed by atoms with E-state index in [2.05, 4.69) is 30.9 Å². The first-order chi connectivity index (χ1) is 19.5. The van der Waals surface area contributed by atoms with Gasteiger partial charge < -0.3 is 14.2 Å². The Morgan fingerprint density at radius 1 is 1.05 bits per heavy atom. The molecule has 2 fully saturated rings. The first-order valence-corrected chi connectivity index (χ1v) is 15.2. The molecule has 2 aliphatic rings. The zero-order valence-corrected chi connectivity index (χ0v) is 22.9. The number of carbonyl (C=O) groups excluding carboxylic acids is 1. The number of nitrogens with one attached hydrogen (secondary N) is 2. The normalized spacial score (nSPS) is 16.9. The van der Waals surface area contributed by atoms with Crippen molar-refractivity contribution in [2.24, 2.45) is 0 Å². The first kappa shape index (κ1) is 26.5. The Labute approximate surface area is 234 Å². The SMILES string of the molecule is O=C(Nc1ncc(Oc2ccc(-c3nn[nH]n3)cc2)s1)C(OC1CCOCC1)c1ccc(S(=O)(=O)C2CC2)cc1. The van der Waals surface area contributed by atoms with E-state index in [0.717, 1.165) is 5.56 Å². The predicted molar refractivity (Wildman–Crippen MR) is 145 cm³/mol. The highest BCUT2D eigenvalue weighted by Gasteiger charge is 2.37. The topological polar surface area (TPSA) is 158 Å². The Morgan fingerprint density at radius 2 is 1.80 bits per heavy atom. The van der Waals surface area contributed by atoms with Crippen LogP contribution in [0.1, 0.15) is 37.4 Å². The van der Waals surface area contributed by atoms with Gasteiger partial charge in [-0.2, -0.15) is 5.21 Å². The first-order valence-electron chi connectivity index (χ1n) is 12.8. The number of sulfone groups is 1. The van der Waals surface area contributed by atoms with Crippen LogP contribution in [-0.2, 0) is 24.1 Å². The zero-order chi connectivity index (χ0) is 27.5. The molecule has 12 nitrogen and oxygen atoms in total. The molecule has 208 valence electrons. The maximum absolute atomic E-state index is 13.4. The average molecular weight is 583 g/mol. The summed E-state index contributed by atoms with van der Waals surface area (Å²) in [4.78, 5) is 18.0. The molecule has 1 aliphatic heterocycles. The summed E-state index contributed by atoms with van der Waals surface area (Å²) in [7, 11) is -3.33. The minimum Gasteiger partial charge on any atom is -0.445 e. The smallest absolute Gasteiger partial charge is 0.259 e. The molecule has 1 amide bonds. The second-order valence-corrected chi connectivity index (χ2v) is 12.7. The Morgan fingerprint density at radius 3 is 2.48 bits per heavy atom. The molecule has 0 bridgehead atoms. The third-order valence-corrected chi connectivity index (χ3v) is 9.67. The van der Waals surface area contributed by atoms with Crippen LogP contribution in [0.5, 0.6) is 10.8 Å². The number of nitrogens with zero attached hydrogens (tertiary/aromatic N) is 4. The van der Waals surface area contributed by atoms with Gasteiger partial charge in [0.1, 0.15) is 5.75 Å². The van der Waals surface area contributed by atoms with Gasteiger partial charge >= 0.3 is 0 Å². The van der Waals surface area contributed by atoms with Crippen LogP contribution in [0.3, 0.4) is 0 Å². The van der Waals surface area contributed by atoms with Gasteiger partial charge in [-0.15, -0.1) is 10.2 Å². The van der Waals surface area contributed by atoms with Crippen molar-refractivity contribution in [1.29, 1.82) is 0 Å². The van der Waals surface area contributed by atoms with E-state index in [9.17, 15) is 13.2 Å². The predicted octanol–water partition coefficient (Wildman–Crippen LogP) is 3.93. The maximum Gasteiger partial charge on any atom is 0.259 e. The Bertz CT molecular complexity index is 1550. The number of thiazole rings is 1. The van der Waals surface area contributed by atoms with E-state index in [1.165, 1.54) is 17.5 Å². The van der Waals surface area contributed by atoms with Crippen LogP contribution < -0.4 is 10.1 Å². The average Bonchev–Trinajstić information content (AvgIpc) is 3.54. The summed E-state index contributed by atoms with van der Waals surface area (Å²) in [6, 6.07) is 13.6. The van der Waals surface area contributed by atoms with Gasteiger partial charge in [-0.05, 0) is 72.9 Å². The van der Waals surface area contributed by atoms with Gasteiger partial charge in [0.25, 0.3) is 5.91 Å². The number of benzene rings is 2. The molecule has 4 aromatic rings. The highest BCUT2D eigenvalue weighted by atomic mass is 32.2. The number of tetrazole rings is 1. The van der Waals surface area contributed by atoms with Crippen LogP contribution in [0.4, 0.5) is 5.13 Å². The summed E-state index contributed by atoms with van der Waals surface area (Å²) >= 11 is 1.17. The molecule has 6 rings (SSSR count). The van der Waals surface area contributed by atoms with Crippen LogP contribution in [0.2, 0.25) is 0 Å². The molecule has 1 saturated heterocycles. The van der Waals surface area contributed by atoms with Crippen molar-refractivity contribution >= 4 is 32.2 Å². The highest BCUT2D eigenvalue weighted by Crippen LogP contribution is 2.35. The minimum atomic E-state index is -3.33. The second-order valence-electron chi connectivity index (χ2n) is 9.48. The number of amides is 1. The van der Waals surface area contributed by atoms with Crippen molar-refractivity contribution in [2.75, 3.05) is 18.5 Å². The minimum absolute atomic E-state index is 0.162. The molecule has 14 heteroatoms. The molecule has 40 heavy (non-hydrogen) atoms. The van der Waals surface area contributed by atoms with Crippen molar-refractivity contribution < 1.29 is 27.4 Å². The summed E-state index contributed by atoms with van der Waals surface area (Å²) in [5.74, 6) is 0.649. The molecule has 2 N–H and O–H groups in total. The number of ether oxygens (including phenoxy) is 3. The van der Waals surface area contributed by atoms with Gasteiger partial charge in [0, 0.05) is 18.8 Å². The molecule has 3 heterocycles. The number of aromatic nitrogens is 5. The van der Waals surface area contributed by atoms with E-state index in [-0.39, 0.29) is 16.2 Å². The van der Waals surface area contributed by atoms with Crippen LogP contribution in [0.25, 0.3) is 11.4 Å². The fourth-order valence-corrected chi connectivity index (χ4v) is 6.65. The molecule has 1 unspecified atom stereocenters. The summed E-state index contributed by atoms with van der Waals surface area (Å²) < 4.78 is 42.8. The van der Waals surface area contributed by atoms with Crippen molar-refractivity contribution in [2.45, 2.75) is 48.0 Å². The van der Waals surface area contributed by atoms with E-state index in [0.29, 0.717) is 66.2 Å². The van der Waals surface area contributed by atoms with E-state index >= 15 is 0 Å². The van der Waals surface area contributed by atoms with Crippen LogP contribution >= 0.6 is 11.3 Å². The fourth-order valence-electron chi connectivity index (χ4n) is 4.31.